The molecule has 0 saturated heterocycles. The van der Waals surface area contributed by atoms with Crippen molar-refractivity contribution in [1.82, 2.24) is 0 Å². The van der Waals surface area contributed by atoms with Gasteiger partial charge in [-0.05, 0) is 23.4 Å². The number of rotatable bonds is 6. The van der Waals surface area contributed by atoms with Gasteiger partial charge in [-0.1, -0.05) is 60.7 Å². The van der Waals surface area contributed by atoms with Crippen molar-refractivity contribution in [3.05, 3.63) is 83.7 Å². The normalized spacial score (nSPS) is 11.9. The molecule has 0 aliphatic carbocycles. The molecule has 0 amide bonds. The predicted octanol–water partition coefficient (Wildman–Crippen LogP) is 5.96. The van der Waals surface area contributed by atoms with Crippen molar-refractivity contribution in [3.63, 3.8) is 0 Å². The minimum Gasteiger partial charge on any atom is -0.606 e. The minimum absolute atomic E-state index is 0.0278. The molecule has 0 bridgehead atoms. The number of nitrogen functional groups attached to an aromatic ring is 1. The second kappa shape index (κ2) is 9.20. The SMILES string of the molecule is CSc1sc(C(=N)N)cc1[S+]([O-])c1cccc(-c2cccc(-c3ccccc3)c2O)c1. The van der Waals surface area contributed by atoms with Crippen LogP contribution in [0.4, 0.5) is 0 Å². The largest absolute Gasteiger partial charge is 0.606 e. The molecular formula is C24H20N2O2S3. The minimum atomic E-state index is -1.43. The number of hydrogen-bond donors (Lipinski definition) is 3. The summed E-state index contributed by atoms with van der Waals surface area (Å²) in [7, 11) is 0. The summed E-state index contributed by atoms with van der Waals surface area (Å²) in [5.74, 6) is 0.163. The van der Waals surface area contributed by atoms with E-state index in [1.54, 1.807) is 6.07 Å². The van der Waals surface area contributed by atoms with Crippen LogP contribution in [0.1, 0.15) is 4.88 Å². The van der Waals surface area contributed by atoms with Crippen molar-refractivity contribution >= 4 is 40.1 Å². The topological polar surface area (TPSA) is 93.2 Å². The molecule has 0 aliphatic heterocycles. The first-order chi connectivity index (χ1) is 15.0. The van der Waals surface area contributed by atoms with Crippen molar-refractivity contribution in [1.29, 1.82) is 5.41 Å². The molecule has 1 atom stereocenters. The van der Waals surface area contributed by atoms with E-state index in [2.05, 4.69) is 0 Å². The third kappa shape index (κ3) is 4.36. The van der Waals surface area contributed by atoms with E-state index in [1.807, 2.05) is 79.1 Å². The maximum atomic E-state index is 13.3. The molecule has 0 fully saturated rings. The van der Waals surface area contributed by atoms with Gasteiger partial charge in [-0.3, -0.25) is 5.41 Å². The van der Waals surface area contributed by atoms with E-state index < -0.39 is 11.2 Å². The number of aromatic hydroxyl groups is 1. The molecule has 0 saturated carbocycles. The van der Waals surface area contributed by atoms with E-state index in [1.165, 1.54) is 23.1 Å². The van der Waals surface area contributed by atoms with Gasteiger partial charge in [-0.2, -0.15) is 0 Å². The summed E-state index contributed by atoms with van der Waals surface area (Å²) in [4.78, 5) is 1.89. The van der Waals surface area contributed by atoms with Crippen LogP contribution in [-0.4, -0.2) is 21.8 Å². The zero-order valence-electron chi connectivity index (χ0n) is 16.7. The molecule has 4 rings (SSSR count). The third-order valence-electron chi connectivity index (χ3n) is 4.80. The second-order valence-corrected chi connectivity index (χ2v) is 10.3. The Labute approximate surface area is 192 Å². The Morgan fingerprint density at radius 3 is 2.29 bits per heavy atom. The number of para-hydroxylation sites is 1. The van der Waals surface area contributed by atoms with Gasteiger partial charge in [0.2, 0.25) is 0 Å². The lowest BCUT2D eigenvalue weighted by atomic mass is 9.97. The van der Waals surface area contributed by atoms with E-state index in [0.717, 1.165) is 20.9 Å². The highest BCUT2D eigenvalue weighted by Gasteiger charge is 2.24. The Bertz CT molecular complexity index is 1240. The van der Waals surface area contributed by atoms with Crippen LogP contribution in [0.5, 0.6) is 5.75 Å². The highest BCUT2D eigenvalue weighted by atomic mass is 32.2. The first-order valence-electron chi connectivity index (χ1n) is 9.41. The number of benzene rings is 3. The van der Waals surface area contributed by atoms with Gasteiger partial charge in [0, 0.05) is 34.4 Å². The Hall–Kier alpha value is -2.71. The zero-order valence-corrected chi connectivity index (χ0v) is 19.1. The molecule has 1 aromatic heterocycles. The van der Waals surface area contributed by atoms with Crippen LogP contribution in [0.15, 0.2) is 92.9 Å². The third-order valence-corrected chi connectivity index (χ3v) is 8.76. The van der Waals surface area contributed by atoms with Crippen LogP contribution in [0.2, 0.25) is 0 Å². The lowest BCUT2D eigenvalue weighted by molar-refractivity contribution is 0.479. The maximum Gasteiger partial charge on any atom is 0.183 e. The summed E-state index contributed by atoms with van der Waals surface area (Å²) in [6.07, 6.45) is 1.92. The highest BCUT2D eigenvalue weighted by Crippen LogP contribution is 2.40. The number of thiophene rings is 1. The van der Waals surface area contributed by atoms with Gasteiger partial charge in [-0.15, -0.1) is 23.1 Å². The molecule has 0 spiro atoms. The smallest absolute Gasteiger partial charge is 0.183 e. The van der Waals surface area contributed by atoms with E-state index >= 15 is 0 Å². The fourth-order valence-electron chi connectivity index (χ4n) is 3.29. The molecule has 156 valence electrons. The number of phenolic OH excluding ortho intramolecular Hbond substituents is 1. The highest BCUT2D eigenvalue weighted by molar-refractivity contribution is 8.01. The number of thioether (sulfide) groups is 1. The molecule has 4 aromatic rings. The summed E-state index contributed by atoms with van der Waals surface area (Å²) < 4.78 is 14.2. The number of hydrogen-bond acceptors (Lipinski definition) is 5. The lowest BCUT2D eigenvalue weighted by Gasteiger charge is -2.13. The first kappa shape index (κ1) is 21.5. The molecule has 31 heavy (non-hydrogen) atoms. The molecule has 3 aromatic carbocycles. The number of nitrogens with two attached hydrogens (primary N) is 1. The van der Waals surface area contributed by atoms with Gasteiger partial charge < -0.3 is 15.4 Å². The quantitative estimate of drug-likeness (QED) is 0.142. The number of phenols is 1. The molecule has 7 heteroatoms. The predicted molar refractivity (Wildman–Crippen MR) is 131 cm³/mol. The van der Waals surface area contributed by atoms with Crippen LogP contribution in [0.3, 0.4) is 0 Å². The fraction of sp³-hybridized carbons (Fsp3) is 0.0417. The van der Waals surface area contributed by atoms with Crippen LogP contribution >= 0.6 is 23.1 Å². The average Bonchev–Trinajstić information content (AvgIpc) is 3.24. The lowest BCUT2D eigenvalue weighted by Crippen LogP contribution is -2.08. The van der Waals surface area contributed by atoms with Crippen molar-refractivity contribution in [2.24, 2.45) is 5.73 Å². The van der Waals surface area contributed by atoms with Gasteiger partial charge >= 0.3 is 0 Å². The number of nitrogens with one attached hydrogen (secondary N) is 1. The molecular weight excluding hydrogens is 444 g/mol. The zero-order chi connectivity index (χ0) is 22.0. The van der Waals surface area contributed by atoms with Gasteiger partial charge in [0.1, 0.15) is 15.8 Å². The molecule has 0 radical (unpaired) electrons. The van der Waals surface area contributed by atoms with Crippen LogP contribution in [0, 0.1) is 5.41 Å². The molecule has 1 heterocycles. The fourth-order valence-corrected chi connectivity index (χ4v) is 6.77. The van der Waals surface area contributed by atoms with E-state index in [-0.39, 0.29) is 11.6 Å². The van der Waals surface area contributed by atoms with Crippen molar-refractivity contribution in [3.8, 4) is 28.0 Å². The molecule has 4 nitrogen and oxygen atoms in total. The Kier molecular flexibility index (Phi) is 6.38. The summed E-state index contributed by atoms with van der Waals surface area (Å²) in [6, 6.07) is 24.5. The average molecular weight is 465 g/mol. The monoisotopic (exact) mass is 464 g/mol. The molecule has 1 unspecified atom stereocenters. The van der Waals surface area contributed by atoms with Gasteiger partial charge in [0.15, 0.2) is 9.79 Å². The van der Waals surface area contributed by atoms with Gasteiger partial charge in [0.05, 0.1) is 4.88 Å². The van der Waals surface area contributed by atoms with Crippen molar-refractivity contribution in [2.75, 3.05) is 6.26 Å². The van der Waals surface area contributed by atoms with E-state index in [9.17, 15) is 9.66 Å². The summed E-state index contributed by atoms with van der Waals surface area (Å²) in [5.41, 5.74) is 8.77. The molecule has 4 N–H and O–H groups in total. The van der Waals surface area contributed by atoms with E-state index in [0.29, 0.717) is 20.2 Å². The standard InChI is InChI=1S/C24H20N2O2S3/c1-29-24-21(14-20(30-24)23(25)26)31(28)17-10-5-9-16(13-17)19-12-6-11-18(22(19)27)15-7-3-2-4-8-15/h2-14,27H,1H3,(H3,25,26). The van der Waals surface area contributed by atoms with Crippen molar-refractivity contribution < 1.29 is 9.66 Å². The summed E-state index contributed by atoms with van der Waals surface area (Å²) in [6.45, 7) is 0. The van der Waals surface area contributed by atoms with Crippen molar-refractivity contribution in [2.45, 2.75) is 14.0 Å². The Morgan fingerprint density at radius 1 is 0.968 bits per heavy atom. The Balaban J connectivity index is 1.74. The number of amidine groups is 1. The summed E-state index contributed by atoms with van der Waals surface area (Å²) >= 11 is 1.44. The second-order valence-electron chi connectivity index (χ2n) is 6.74. The Morgan fingerprint density at radius 2 is 1.61 bits per heavy atom. The first-order valence-corrected chi connectivity index (χ1v) is 12.6. The van der Waals surface area contributed by atoms with Crippen LogP contribution < -0.4 is 5.73 Å². The maximum absolute atomic E-state index is 13.3. The summed E-state index contributed by atoms with van der Waals surface area (Å²) in [5, 5.41) is 18.7. The molecule has 0 aliphatic rings. The van der Waals surface area contributed by atoms with Gasteiger partial charge in [-0.25, -0.2) is 0 Å². The van der Waals surface area contributed by atoms with Crippen LogP contribution in [0.25, 0.3) is 22.3 Å². The van der Waals surface area contributed by atoms with E-state index in [4.69, 9.17) is 11.1 Å². The van der Waals surface area contributed by atoms with Gasteiger partial charge in [0.25, 0.3) is 0 Å². The van der Waals surface area contributed by atoms with Crippen LogP contribution in [-0.2, 0) is 11.2 Å².